The fourth-order valence-electron chi connectivity index (χ4n) is 3.18. The van der Waals surface area contributed by atoms with Gasteiger partial charge in [-0.3, -0.25) is 0 Å². The molecule has 0 fully saturated rings. The average Bonchev–Trinajstić information content (AvgIpc) is 2.77. The van der Waals surface area contributed by atoms with Gasteiger partial charge in [0.25, 0.3) is 0 Å². The van der Waals surface area contributed by atoms with E-state index in [1.54, 1.807) is 26.4 Å². The molecule has 0 saturated heterocycles. The SMILES string of the molecule is COc1ccc(C(/C=C(/Br)c2ccccc2C(F)(F)F)c2ccc(OC)cc2)cc1. The Morgan fingerprint density at radius 3 is 1.70 bits per heavy atom. The third kappa shape index (κ3) is 5.05. The first-order valence-electron chi connectivity index (χ1n) is 9.15. The average molecular weight is 477 g/mol. The van der Waals surface area contributed by atoms with Gasteiger partial charge in [0.1, 0.15) is 11.5 Å². The van der Waals surface area contributed by atoms with Crippen molar-refractivity contribution in [2.24, 2.45) is 0 Å². The van der Waals surface area contributed by atoms with E-state index in [-0.39, 0.29) is 11.5 Å². The minimum Gasteiger partial charge on any atom is -0.497 e. The maximum Gasteiger partial charge on any atom is 0.417 e. The molecule has 3 aromatic carbocycles. The second kappa shape index (κ2) is 9.39. The number of hydrogen-bond acceptors (Lipinski definition) is 2. The Hall–Kier alpha value is -2.73. The molecule has 0 aliphatic heterocycles. The van der Waals surface area contributed by atoms with Gasteiger partial charge in [0.05, 0.1) is 19.8 Å². The number of hydrogen-bond donors (Lipinski definition) is 0. The molecule has 0 aromatic heterocycles. The molecule has 0 aliphatic carbocycles. The normalized spacial score (nSPS) is 12.2. The summed E-state index contributed by atoms with van der Waals surface area (Å²) in [5.74, 6) is 1.13. The van der Waals surface area contributed by atoms with Gasteiger partial charge in [0.15, 0.2) is 0 Å². The van der Waals surface area contributed by atoms with Crippen molar-refractivity contribution in [2.75, 3.05) is 14.2 Å². The lowest BCUT2D eigenvalue weighted by Crippen LogP contribution is -2.08. The molecular formula is C24H20BrF3O2. The maximum absolute atomic E-state index is 13.5. The molecular weight excluding hydrogens is 457 g/mol. The standard InChI is InChI=1S/C24H20BrF3O2/c1-29-18-11-7-16(8-12-18)21(17-9-13-19(30-2)14-10-17)15-23(25)20-5-3-4-6-22(20)24(26,27)28/h3-15,21H,1-2H3/b23-15+. The summed E-state index contributed by atoms with van der Waals surface area (Å²) in [6.07, 6.45) is -2.66. The summed E-state index contributed by atoms with van der Waals surface area (Å²) < 4.78 is 51.3. The zero-order valence-corrected chi connectivity index (χ0v) is 18.0. The third-order valence-corrected chi connectivity index (χ3v) is 5.44. The van der Waals surface area contributed by atoms with Crippen LogP contribution in [0.2, 0.25) is 0 Å². The summed E-state index contributed by atoms with van der Waals surface area (Å²) in [6, 6.07) is 20.5. The molecule has 0 amide bonds. The fraction of sp³-hybridized carbons (Fsp3) is 0.167. The van der Waals surface area contributed by atoms with Gasteiger partial charge in [-0.05, 0) is 41.5 Å². The first-order chi connectivity index (χ1) is 14.3. The molecule has 6 heteroatoms. The summed E-state index contributed by atoms with van der Waals surface area (Å²) >= 11 is 3.39. The molecule has 0 radical (unpaired) electrons. The van der Waals surface area contributed by atoms with Crippen LogP contribution in [0, 0.1) is 0 Å². The summed E-state index contributed by atoms with van der Waals surface area (Å²) in [5.41, 5.74) is 1.25. The van der Waals surface area contributed by atoms with Gasteiger partial charge < -0.3 is 9.47 Å². The molecule has 30 heavy (non-hydrogen) atoms. The molecule has 0 spiro atoms. The van der Waals surface area contributed by atoms with E-state index in [0.717, 1.165) is 17.2 Å². The first kappa shape index (κ1) is 22.0. The van der Waals surface area contributed by atoms with Crippen LogP contribution in [-0.2, 0) is 6.18 Å². The van der Waals surface area contributed by atoms with Crippen LogP contribution in [-0.4, -0.2) is 14.2 Å². The Morgan fingerprint density at radius 1 is 0.800 bits per heavy atom. The van der Waals surface area contributed by atoms with E-state index in [4.69, 9.17) is 9.47 Å². The number of ether oxygens (including phenoxy) is 2. The fourth-order valence-corrected chi connectivity index (χ4v) is 3.79. The van der Waals surface area contributed by atoms with Gasteiger partial charge in [-0.25, -0.2) is 0 Å². The van der Waals surface area contributed by atoms with Crippen LogP contribution in [0.4, 0.5) is 13.2 Å². The molecule has 0 heterocycles. The summed E-state index contributed by atoms with van der Waals surface area (Å²) in [6.45, 7) is 0. The highest BCUT2D eigenvalue weighted by Gasteiger charge is 2.33. The van der Waals surface area contributed by atoms with Crippen molar-refractivity contribution in [3.05, 3.63) is 101 Å². The van der Waals surface area contributed by atoms with E-state index < -0.39 is 11.7 Å². The smallest absolute Gasteiger partial charge is 0.417 e. The summed E-state index contributed by atoms with van der Waals surface area (Å²) in [7, 11) is 3.17. The van der Waals surface area contributed by atoms with Gasteiger partial charge >= 0.3 is 6.18 Å². The van der Waals surface area contributed by atoms with E-state index in [0.29, 0.717) is 16.0 Å². The van der Waals surface area contributed by atoms with Crippen LogP contribution in [0.25, 0.3) is 4.48 Å². The second-order valence-corrected chi connectivity index (χ2v) is 7.44. The van der Waals surface area contributed by atoms with E-state index in [9.17, 15) is 13.2 Å². The number of halogens is 4. The molecule has 156 valence electrons. The zero-order valence-electron chi connectivity index (χ0n) is 16.4. The van der Waals surface area contributed by atoms with Crippen molar-refractivity contribution in [3.8, 4) is 11.5 Å². The van der Waals surface area contributed by atoms with E-state index in [1.807, 2.05) is 48.5 Å². The van der Waals surface area contributed by atoms with Crippen LogP contribution in [0.5, 0.6) is 11.5 Å². The summed E-state index contributed by atoms with van der Waals surface area (Å²) in [4.78, 5) is 0. The van der Waals surface area contributed by atoms with Crippen LogP contribution in [0.15, 0.2) is 78.9 Å². The summed E-state index contributed by atoms with van der Waals surface area (Å²) in [5, 5.41) is 0. The van der Waals surface area contributed by atoms with Crippen LogP contribution >= 0.6 is 15.9 Å². The third-order valence-electron chi connectivity index (χ3n) is 4.75. The Balaban J connectivity index is 2.10. The predicted molar refractivity (Wildman–Crippen MR) is 116 cm³/mol. The number of methoxy groups -OCH3 is 2. The van der Waals surface area contributed by atoms with Crippen molar-refractivity contribution in [2.45, 2.75) is 12.1 Å². The van der Waals surface area contributed by atoms with Crippen molar-refractivity contribution < 1.29 is 22.6 Å². The molecule has 0 bridgehead atoms. The Bertz CT molecular complexity index is 962. The van der Waals surface area contributed by atoms with Crippen LogP contribution in [0.3, 0.4) is 0 Å². The number of rotatable bonds is 6. The van der Waals surface area contributed by atoms with Gasteiger partial charge in [0.2, 0.25) is 0 Å². The molecule has 2 nitrogen and oxygen atoms in total. The minimum atomic E-state index is -4.45. The molecule has 3 aromatic rings. The quantitative estimate of drug-likeness (QED) is 0.371. The van der Waals surface area contributed by atoms with E-state index in [1.165, 1.54) is 12.1 Å². The van der Waals surface area contributed by atoms with Gasteiger partial charge in [-0.2, -0.15) is 13.2 Å². The lowest BCUT2D eigenvalue weighted by molar-refractivity contribution is -0.137. The lowest BCUT2D eigenvalue weighted by atomic mass is 9.90. The second-order valence-electron chi connectivity index (χ2n) is 6.58. The first-order valence-corrected chi connectivity index (χ1v) is 9.94. The number of benzene rings is 3. The highest BCUT2D eigenvalue weighted by Crippen LogP contribution is 2.39. The van der Waals surface area contributed by atoms with Crippen LogP contribution < -0.4 is 9.47 Å². The molecule has 0 atom stereocenters. The van der Waals surface area contributed by atoms with Crippen molar-refractivity contribution in [1.29, 1.82) is 0 Å². The largest absolute Gasteiger partial charge is 0.497 e. The number of allylic oxidation sites excluding steroid dienone is 1. The van der Waals surface area contributed by atoms with Crippen LogP contribution in [0.1, 0.15) is 28.2 Å². The van der Waals surface area contributed by atoms with Gasteiger partial charge in [-0.1, -0.05) is 64.5 Å². The van der Waals surface area contributed by atoms with Crippen molar-refractivity contribution in [1.82, 2.24) is 0 Å². The van der Waals surface area contributed by atoms with Crippen molar-refractivity contribution >= 4 is 20.4 Å². The maximum atomic E-state index is 13.5. The zero-order chi connectivity index (χ0) is 21.7. The molecule has 0 N–H and O–H groups in total. The topological polar surface area (TPSA) is 18.5 Å². The molecule has 3 rings (SSSR count). The highest BCUT2D eigenvalue weighted by atomic mass is 79.9. The Kier molecular flexibility index (Phi) is 6.87. The highest BCUT2D eigenvalue weighted by molar-refractivity contribution is 9.15. The minimum absolute atomic E-state index is 0.0945. The molecule has 0 saturated carbocycles. The van der Waals surface area contributed by atoms with Crippen molar-refractivity contribution in [3.63, 3.8) is 0 Å². The predicted octanol–water partition coefficient (Wildman–Crippen LogP) is 7.29. The molecule has 0 unspecified atom stereocenters. The van der Waals surface area contributed by atoms with Gasteiger partial charge in [0, 0.05) is 16.0 Å². The monoisotopic (exact) mass is 476 g/mol. The van der Waals surface area contributed by atoms with E-state index in [2.05, 4.69) is 15.9 Å². The van der Waals surface area contributed by atoms with E-state index >= 15 is 0 Å². The lowest BCUT2D eigenvalue weighted by Gasteiger charge is -2.18. The molecule has 0 aliphatic rings. The number of alkyl halides is 3. The van der Waals surface area contributed by atoms with Gasteiger partial charge in [-0.15, -0.1) is 0 Å². The Morgan fingerprint density at radius 2 is 1.27 bits per heavy atom. The Labute approximate surface area is 182 Å².